The van der Waals surface area contributed by atoms with Gasteiger partial charge in [-0.2, -0.15) is 0 Å². The summed E-state index contributed by atoms with van der Waals surface area (Å²) in [6.45, 7) is 3.31. The van der Waals surface area contributed by atoms with Crippen LogP contribution in [0.1, 0.15) is 134 Å². The van der Waals surface area contributed by atoms with Crippen LogP contribution in [0.15, 0.2) is 24.3 Å². The van der Waals surface area contributed by atoms with Crippen LogP contribution in [-0.2, 0) is 4.79 Å². The maximum Gasteiger partial charge on any atom is 0.143 e. The molecule has 5 heteroatoms. The molecule has 1 aliphatic carbocycles. The Morgan fingerprint density at radius 2 is 1.39 bits per heavy atom. The number of fused-ring (bicyclic) bond motifs is 3. The van der Waals surface area contributed by atoms with Gasteiger partial charge in [-0.05, 0) is 77.0 Å². The van der Waals surface area contributed by atoms with Gasteiger partial charge in [-0.1, -0.05) is 69.9 Å². The Balaban J connectivity index is 1.30. The van der Waals surface area contributed by atoms with E-state index < -0.39 is 0 Å². The summed E-state index contributed by atoms with van der Waals surface area (Å²) in [6, 6.07) is 11.8. The zero-order valence-corrected chi connectivity index (χ0v) is 23.8. The lowest BCUT2D eigenvalue weighted by molar-refractivity contribution is -0.119. The summed E-state index contributed by atoms with van der Waals surface area (Å²) in [4.78, 5) is 23.0. The average molecular weight is 519 g/mol. The van der Waals surface area contributed by atoms with Crippen molar-refractivity contribution in [1.82, 2.24) is 19.4 Å². The molecule has 6 rings (SSSR count). The van der Waals surface area contributed by atoms with Gasteiger partial charge in [0.1, 0.15) is 11.6 Å². The van der Waals surface area contributed by atoms with E-state index in [-0.39, 0.29) is 11.8 Å². The second kappa shape index (κ2) is 12.2. The highest BCUT2D eigenvalue weighted by Gasteiger charge is 2.43. The molecule has 2 aromatic rings. The summed E-state index contributed by atoms with van der Waals surface area (Å²) in [5.74, 6) is 1.51. The van der Waals surface area contributed by atoms with Gasteiger partial charge < -0.3 is 4.57 Å². The van der Waals surface area contributed by atoms with E-state index >= 15 is 0 Å². The fourth-order valence-electron chi connectivity index (χ4n) is 8.72. The van der Waals surface area contributed by atoms with Crippen molar-refractivity contribution in [2.24, 2.45) is 0 Å². The van der Waals surface area contributed by atoms with E-state index in [2.05, 4.69) is 38.6 Å². The van der Waals surface area contributed by atoms with Crippen LogP contribution in [0.4, 0.5) is 0 Å². The van der Waals surface area contributed by atoms with Crippen molar-refractivity contribution < 1.29 is 4.79 Å². The van der Waals surface area contributed by atoms with E-state index in [1.54, 1.807) is 6.92 Å². The lowest BCUT2D eigenvalue weighted by Crippen LogP contribution is -2.56. The van der Waals surface area contributed by atoms with Crippen molar-refractivity contribution in [1.29, 1.82) is 0 Å². The summed E-state index contributed by atoms with van der Waals surface area (Å²) >= 11 is 0. The molecule has 2 bridgehead atoms. The first kappa shape index (κ1) is 26.5. The van der Waals surface area contributed by atoms with Gasteiger partial charge in [0.05, 0.1) is 23.6 Å². The molecule has 4 heterocycles. The molecule has 4 atom stereocenters. The van der Waals surface area contributed by atoms with E-state index in [4.69, 9.17) is 4.98 Å². The number of hydrogen-bond donors (Lipinski definition) is 0. The number of nitrogens with zero attached hydrogens (tertiary/aromatic N) is 4. The van der Waals surface area contributed by atoms with Gasteiger partial charge in [-0.25, -0.2) is 4.98 Å². The maximum absolute atomic E-state index is 12.2. The second-order valence-electron chi connectivity index (χ2n) is 13.0. The number of likely N-dealkylation sites (tertiary alicyclic amines) is 1. The van der Waals surface area contributed by atoms with Crippen molar-refractivity contribution in [2.75, 3.05) is 13.1 Å². The number of para-hydroxylation sites is 2. The number of piperidine rings is 3. The highest BCUT2D eigenvalue weighted by atomic mass is 16.1. The Kier molecular flexibility index (Phi) is 8.51. The third kappa shape index (κ3) is 5.61. The molecule has 5 nitrogen and oxygen atoms in total. The minimum Gasteiger partial charge on any atom is -0.323 e. The summed E-state index contributed by atoms with van der Waals surface area (Å²) in [7, 11) is 0. The topological polar surface area (TPSA) is 41.4 Å². The van der Waals surface area contributed by atoms with Crippen LogP contribution in [0.25, 0.3) is 11.0 Å². The molecular weight excluding hydrogens is 468 g/mol. The summed E-state index contributed by atoms with van der Waals surface area (Å²) < 4.78 is 2.68. The molecule has 4 aliphatic rings. The molecule has 208 valence electrons. The maximum atomic E-state index is 12.2. The van der Waals surface area contributed by atoms with Crippen LogP contribution in [-0.4, -0.2) is 56.3 Å². The number of ketones is 1. The average Bonchev–Trinajstić information content (AvgIpc) is 3.30. The third-order valence-electron chi connectivity index (χ3n) is 10.3. The number of imidazole rings is 1. The van der Waals surface area contributed by atoms with Gasteiger partial charge in [-0.3, -0.25) is 14.6 Å². The van der Waals surface area contributed by atoms with Gasteiger partial charge in [0.25, 0.3) is 0 Å². The first-order valence-electron chi connectivity index (χ1n) is 16.2. The molecule has 1 unspecified atom stereocenters. The number of aromatic nitrogens is 2. The standard InChI is InChI=1S/C33H50N4O/c1-25(38)24-35-21-12-11-20-32(35)33-34-30-18-9-10-19-31(30)37(33)29-22-27-16-13-17-28(23-29)36(27)26-14-7-5-3-2-4-6-8-15-26/h9-10,18-19,26-29,32H,2-8,11-17,20-24H2,1H3/t27-,28+,29?,32-/m1/s1. The number of benzene rings is 1. The van der Waals surface area contributed by atoms with E-state index in [9.17, 15) is 4.79 Å². The normalized spacial score (nSPS) is 30.9. The van der Waals surface area contributed by atoms with Gasteiger partial charge >= 0.3 is 0 Å². The van der Waals surface area contributed by atoms with Crippen molar-refractivity contribution in [2.45, 2.75) is 146 Å². The number of Topliss-reactive ketones (excluding diaryl/α,β-unsaturated/α-hetero) is 1. The van der Waals surface area contributed by atoms with Crippen LogP contribution in [0.3, 0.4) is 0 Å². The number of hydrogen-bond acceptors (Lipinski definition) is 4. The van der Waals surface area contributed by atoms with Crippen LogP contribution in [0.5, 0.6) is 0 Å². The minimum absolute atomic E-state index is 0.260. The van der Waals surface area contributed by atoms with Gasteiger partial charge in [0.2, 0.25) is 0 Å². The van der Waals surface area contributed by atoms with Crippen molar-refractivity contribution >= 4 is 16.8 Å². The summed E-state index contributed by atoms with van der Waals surface area (Å²) in [6.07, 6.45) is 23.1. The van der Waals surface area contributed by atoms with Crippen LogP contribution in [0.2, 0.25) is 0 Å². The Hall–Kier alpha value is -1.72. The highest BCUT2D eigenvalue weighted by Crippen LogP contribution is 2.45. The largest absolute Gasteiger partial charge is 0.323 e. The lowest BCUT2D eigenvalue weighted by Gasteiger charge is -2.53. The van der Waals surface area contributed by atoms with Crippen LogP contribution in [0, 0.1) is 0 Å². The molecule has 0 spiro atoms. The van der Waals surface area contributed by atoms with Crippen molar-refractivity contribution in [3.05, 3.63) is 30.1 Å². The zero-order valence-electron chi connectivity index (χ0n) is 23.8. The van der Waals surface area contributed by atoms with E-state index in [1.807, 2.05) is 0 Å². The van der Waals surface area contributed by atoms with E-state index in [1.165, 1.54) is 114 Å². The lowest BCUT2D eigenvalue weighted by atomic mass is 9.79. The van der Waals surface area contributed by atoms with Crippen molar-refractivity contribution in [3.8, 4) is 0 Å². The highest BCUT2D eigenvalue weighted by molar-refractivity contribution is 5.78. The Labute approximate surface area is 230 Å². The Morgan fingerprint density at radius 1 is 0.763 bits per heavy atom. The van der Waals surface area contributed by atoms with Gasteiger partial charge in [0, 0.05) is 24.2 Å². The predicted molar refractivity (Wildman–Crippen MR) is 155 cm³/mol. The van der Waals surface area contributed by atoms with E-state index in [0.717, 1.165) is 24.5 Å². The second-order valence-corrected chi connectivity index (χ2v) is 13.0. The van der Waals surface area contributed by atoms with Crippen LogP contribution >= 0.6 is 0 Å². The fraction of sp³-hybridized carbons (Fsp3) is 0.758. The quantitative estimate of drug-likeness (QED) is 0.409. The van der Waals surface area contributed by atoms with Gasteiger partial charge in [0.15, 0.2) is 0 Å². The molecule has 0 amide bonds. The minimum atomic E-state index is 0.260. The predicted octanol–water partition coefficient (Wildman–Crippen LogP) is 7.60. The molecule has 0 radical (unpaired) electrons. The Bertz CT molecular complexity index is 1050. The van der Waals surface area contributed by atoms with Crippen molar-refractivity contribution in [3.63, 3.8) is 0 Å². The monoisotopic (exact) mass is 518 g/mol. The molecule has 3 aliphatic heterocycles. The summed E-state index contributed by atoms with van der Waals surface area (Å²) in [5, 5.41) is 0. The molecule has 1 aromatic carbocycles. The van der Waals surface area contributed by atoms with Crippen LogP contribution < -0.4 is 0 Å². The SMILES string of the molecule is CC(=O)CN1CCCC[C@@H]1c1nc2ccccc2n1C1C[C@H]2CCC[C@@H](C1)N2C1CCCCCCCCC1. The number of carbonyl (C=O) groups is 1. The Morgan fingerprint density at radius 3 is 2.11 bits per heavy atom. The fourth-order valence-corrected chi connectivity index (χ4v) is 8.72. The molecule has 3 saturated heterocycles. The first-order valence-corrected chi connectivity index (χ1v) is 16.2. The third-order valence-corrected chi connectivity index (χ3v) is 10.3. The van der Waals surface area contributed by atoms with Gasteiger partial charge in [-0.15, -0.1) is 0 Å². The zero-order chi connectivity index (χ0) is 25.9. The molecule has 1 aromatic heterocycles. The molecule has 0 N–H and O–H groups in total. The number of carbonyl (C=O) groups excluding carboxylic acids is 1. The molecular formula is C33H50N4O. The number of rotatable bonds is 5. The summed E-state index contributed by atoms with van der Waals surface area (Å²) in [5.41, 5.74) is 2.45. The molecule has 4 fully saturated rings. The molecule has 1 saturated carbocycles. The first-order chi connectivity index (χ1) is 18.7. The smallest absolute Gasteiger partial charge is 0.143 e. The molecule has 38 heavy (non-hydrogen) atoms. The van der Waals surface area contributed by atoms with E-state index in [0.29, 0.717) is 24.7 Å².